The molecule has 0 amide bonds. The molecule has 4 heterocycles. The summed E-state index contributed by atoms with van der Waals surface area (Å²) in [5.41, 5.74) is 0.693. The van der Waals surface area contributed by atoms with Gasteiger partial charge < -0.3 is 49.2 Å². The number of nitrogens with zero attached hydrogens (tertiary/aromatic N) is 10. The SMILES string of the molecule is COc1ccc(CN(c2ccncn2)S(=O)(=O)c2cc(Cl)c(N[C@@H]3CCN(c4cccc(C(F)(F)F)c4)C[C@H]3N(C)C)cc2F)c(OC)c1.COc1ccc(CN(c2ccncn2)S(=O)(=O)c2cc(Cl)c(N[C@H]3CCN(c4cccc(C(F)(F)F)c4)C[C@@H]3N(C)C)cc2F)c(OC)c1. The highest BCUT2D eigenvalue weighted by Crippen LogP contribution is 2.40. The zero-order chi connectivity index (χ0) is 71.0. The van der Waals surface area contributed by atoms with E-state index in [0.29, 0.717) is 84.5 Å². The minimum Gasteiger partial charge on any atom is -0.497 e. The molecule has 10 rings (SSSR count). The number of nitrogens with one attached hydrogen (secondary N) is 2. The lowest BCUT2D eigenvalue weighted by atomic mass is 9.97. The molecule has 0 aliphatic carbocycles. The summed E-state index contributed by atoms with van der Waals surface area (Å²) in [6.45, 7) is 1.05. The van der Waals surface area contributed by atoms with Crippen LogP contribution in [0.4, 0.5) is 69.5 Å². The highest BCUT2D eigenvalue weighted by atomic mass is 35.5. The summed E-state index contributed by atoms with van der Waals surface area (Å²) in [5.74, 6) is -0.418. The largest absolute Gasteiger partial charge is 0.497 e. The Labute approximate surface area is 572 Å². The van der Waals surface area contributed by atoms with Crippen molar-refractivity contribution in [1.29, 1.82) is 0 Å². The number of hydrogen-bond acceptors (Lipinski definition) is 18. The van der Waals surface area contributed by atoms with Gasteiger partial charge in [-0.1, -0.05) is 35.3 Å². The van der Waals surface area contributed by atoms with Gasteiger partial charge in [-0.2, -0.15) is 26.3 Å². The Bertz CT molecular complexity index is 4040. The number of benzene rings is 6. The molecule has 0 spiro atoms. The fourth-order valence-corrected chi connectivity index (χ4v) is 15.0. The molecule has 0 radical (unpaired) electrons. The average Bonchev–Trinajstić information content (AvgIpc) is 0.775. The van der Waals surface area contributed by atoms with Crippen LogP contribution in [0.3, 0.4) is 0 Å². The van der Waals surface area contributed by atoms with Crippen molar-refractivity contribution < 1.29 is 70.9 Å². The molecule has 6 aromatic carbocycles. The minimum absolute atomic E-state index is 0.00745. The second kappa shape index (κ2) is 31.0. The smallest absolute Gasteiger partial charge is 0.416 e. The second-order valence-corrected chi connectivity index (χ2v) is 27.6. The molecule has 20 nitrogen and oxygen atoms in total. The number of rotatable bonds is 22. The maximum atomic E-state index is 15.9. The summed E-state index contributed by atoms with van der Waals surface area (Å²) < 4.78 is 192. The molecule has 0 bridgehead atoms. The van der Waals surface area contributed by atoms with E-state index in [1.807, 2.05) is 47.8 Å². The van der Waals surface area contributed by atoms with E-state index in [2.05, 4.69) is 30.6 Å². The highest BCUT2D eigenvalue weighted by molar-refractivity contribution is 7.93. The monoisotopic (exact) mass is 1440 g/mol. The first kappa shape index (κ1) is 73.6. The quantitative estimate of drug-likeness (QED) is 0.0606. The average molecular weight is 1450 g/mol. The van der Waals surface area contributed by atoms with Crippen molar-refractivity contribution >= 4 is 77.6 Å². The number of sulfonamides is 2. The predicted molar refractivity (Wildman–Crippen MR) is 359 cm³/mol. The molecular formula is C66H70Cl2F8N12O8S2. The van der Waals surface area contributed by atoms with Crippen molar-refractivity contribution in [2.24, 2.45) is 0 Å². The van der Waals surface area contributed by atoms with Crippen LogP contribution in [0.2, 0.25) is 10.0 Å². The Balaban J connectivity index is 0.000000229. The third-order valence-electron chi connectivity index (χ3n) is 16.7. The van der Waals surface area contributed by atoms with Gasteiger partial charge in [-0.05, 0) is 126 Å². The number of methoxy groups -OCH3 is 4. The van der Waals surface area contributed by atoms with E-state index in [-0.39, 0.29) is 70.3 Å². The number of ether oxygens (including phenoxy) is 4. The van der Waals surface area contributed by atoms with E-state index >= 15 is 8.78 Å². The Hall–Kier alpha value is -8.68. The molecule has 0 unspecified atom stereocenters. The van der Waals surface area contributed by atoms with Crippen LogP contribution in [-0.4, -0.2) is 154 Å². The van der Waals surface area contributed by atoms with Gasteiger partial charge >= 0.3 is 12.4 Å². The van der Waals surface area contributed by atoms with Gasteiger partial charge in [0.1, 0.15) is 68.7 Å². The zero-order valence-corrected chi connectivity index (χ0v) is 57.3. The normalized spacial score (nSPS) is 16.8. The second-order valence-electron chi connectivity index (χ2n) is 23.2. The van der Waals surface area contributed by atoms with Crippen molar-refractivity contribution in [1.82, 2.24) is 29.7 Å². The summed E-state index contributed by atoms with van der Waals surface area (Å²) >= 11 is 13.3. The van der Waals surface area contributed by atoms with Gasteiger partial charge in [0.15, 0.2) is 0 Å². The molecule has 2 aliphatic heterocycles. The number of hydrogen-bond donors (Lipinski definition) is 2. The number of anilines is 6. The van der Waals surface area contributed by atoms with E-state index in [0.717, 1.165) is 57.1 Å². The lowest BCUT2D eigenvalue weighted by molar-refractivity contribution is -0.138. The van der Waals surface area contributed by atoms with E-state index in [1.54, 1.807) is 48.5 Å². The fraction of sp³-hybridized carbons (Fsp3) is 0.333. The summed E-state index contributed by atoms with van der Waals surface area (Å²) in [4.78, 5) is 22.2. The first-order chi connectivity index (χ1) is 46.4. The fourth-order valence-electron chi connectivity index (χ4n) is 11.5. The molecule has 2 N–H and O–H groups in total. The van der Waals surface area contributed by atoms with Crippen LogP contribution in [0, 0.1) is 11.6 Å². The van der Waals surface area contributed by atoms with Gasteiger partial charge in [-0.15, -0.1) is 0 Å². The van der Waals surface area contributed by atoms with E-state index in [1.165, 1.54) is 77.8 Å². The van der Waals surface area contributed by atoms with Crippen LogP contribution in [0.15, 0.2) is 156 Å². The van der Waals surface area contributed by atoms with Crippen molar-refractivity contribution in [3.63, 3.8) is 0 Å². The molecule has 32 heteroatoms. The van der Waals surface area contributed by atoms with E-state index < -0.39 is 65.0 Å². The molecule has 2 saturated heterocycles. The van der Waals surface area contributed by atoms with Crippen LogP contribution >= 0.6 is 23.2 Å². The van der Waals surface area contributed by atoms with Gasteiger partial charge in [-0.25, -0.2) is 54.2 Å². The summed E-state index contributed by atoms with van der Waals surface area (Å²) in [6, 6.07) is 26.0. The van der Waals surface area contributed by atoms with Gasteiger partial charge in [0, 0.05) is 110 Å². The Morgan fingerprint density at radius 1 is 0.531 bits per heavy atom. The molecule has 0 saturated carbocycles. The zero-order valence-electron chi connectivity index (χ0n) is 54.2. The molecule has 2 fully saturated rings. The topological polar surface area (TPSA) is 200 Å². The third kappa shape index (κ3) is 17.1. The maximum Gasteiger partial charge on any atom is 0.416 e. The molecule has 98 heavy (non-hydrogen) atoms. The Morgan fingerprint density at radius 2 is 0.918 bits per heavy atom. The highest BCUT2D eigenvalue weighted by Gasteiger charge is 2.39. The molecule has 2 aliphatic rings. The minimum atomic E-state index is -4.60. The van der Waals surface area contributed by atoms with Crippen LogP contribution in [0.1, 0.15) is 35.1 Å². The standard InChI is InChI=1S/2C33H35ClF4N6O4S/c2*1-42(2)29-19-43(23-7-5-6-22(14-23)33(36,37)38)13-11-27(29)41-28-17-26(35)31(16-25(28)34)49(45,46)44(32-10-12-39-20-40-32)18-21-8-9-24(47-3)15-30(21)48-4/h2*5-10,12,14-17,20,27,29,41H,11,13,18-19H2,1-4H3/t2*27-,29-/m10/s1. The predicted octanol–water partition coefficient (Wildman–Crippen LogP) is 12.6. The van der Waals surface area contributed by atoms with Crippen molar-refractivity contribution in [2.75, 3.05) is 112 Å². The van der Waals surface area contributed by atoms with E-state index in [4.69, 9.17) is 42.1 Å². The number of aromatic nitrogens is 4. The number of halogens is 10. The van der Waals surface area contributed by atoms with E-state index in [9.17, 15) is 43.2 Å². The first-order valence-electron chi connectivity index (χ1n) is 30.1. The van der Waals surface area contributed by atoms with Gasteiger partial charge in [0.05, 0.1) is 74.1 Å². The summed E-state index contributed by atoms with van der Waals surface area (Å²) in [5, 5.41) is 6.43. The number of likely N-dealkylation sites (N-methyl/N-ethyl adjacent to an activating group) is 2. The number of alkyl halides is 6. The van der Waals surface area contributed by atoms with Gasteiger partial charge in [-0.3, -0.25) is 0 Å². The van der Waals surface area contributed by atoms with Crippen LogP contribution < -0.4 is 48.0 Å². The molecule has 8 aromatic rings. The van der Waals surface area contributed by atoms with Gasteiger partial charge in [0.25, 0.3) is 20.0 Å². The summed E-state index contributed by atoms with van der Waals surface area (Å²) in [6.07, 6.45) is -2.89. The van der Waals surface area contributed by atoms with Crippen LogP contribution in [-0.2, 0) is 45.5 Å². The third-order valence-corrected chi connectivity index (χ3v) is 20.8. The summed E-state index contributed by atoms with van der Waals surface area (Å²) in [7, 11) is 4.00. The van der Waals surface area contributed by atoms with Gasteiger partial charge in [0.2, 0.25) is 0 Å². The molecular weight excluding hydrogens is 1380 g/mol. The lowest BCUT2D eigenvalue weighted by Crippen LogP contribution is -2.56. The first-order valence-corrected chi connectivity index (χ1v) is 33.8. The van der Waals surface area contributed by atoms with Crippen LogP contribution in [0.5, 0.6) is 23.0 Å². The van der Waals surface area contributed by atoms with Crippen molar-refractivity contribution in [3.8, 4) is 23.0 Å². The Kier molecular flexibility index (Phi) is 23.3. The molecule has 2 aromatic heterocycles. The molecule has 4 atom stereocenters. The number of piperidine rings is 2. The van der Waals surface area contributed by atoms with Crippen molar-refractivity contribution in [2.45, 2.75) is 72.2 Å². The lowest BCUT2D eigenvalue weighted by Gasteiger charge is -2.43. The Morgan fingerprint density at radius 3 is 1.24 bits per heavy atom. The van der Waals surface area contributed by atoms with Crippen molar-refractivity contribution in [3.05, 3.63) is 190 Å². The molecule has 524 valence electrons. The van der Waals surface area contributed by atoms with Crippen LogP contribution in [0.25, 0.3) is 0 Å². The maximum absolute atomic E-state index is 15.9.